The molecule has 2 atom stereocenters. The molecule has 3 rings (SSSR count). The average Bonchev–Trinajstić information content (AvgIpc) is 3.11. The molecule has 0 aromatic carbocycles. The Morgan fingerprint density at radius 2 is 2.13 bits per heavy atom. The van der Waals surface area contributed by atoms with Crippen LogP contribution in [0.1, 0.15) is 34.6 Å². The van der Waals surface area contributed by atoms with Gasteiger partial charge >= 0.3 is 5.97 Å². The predicted molar refractivity (Wildman–Crippen MR) is 107 cm³/mol. The lowest BCUT2D eigenvalue weighted by Gasteiger charge is -2.42. The second kappa shape index (κ2) is 7.93. The van der Waals surface area contributed by atoms with Crippen molar-refractivity contribution in [3.05, 3.63) is 29.7 Å². The number of rotatable bonds is 4. The molecule has 30 heavy (non-hydrogen) atoms. The van der Waals surface area contributed by atoms with Gasteiger partial charge in [-0.05, 0) is 34.6 Å². The van der Waals surface area contributed by atoms with E-state index in [-0.39, 0.29) is 11.7 Å². The van der Waals surface area contributed by atoms with Crippen LogP contribution in [0.15, 0.2) is 24.5 Å². The Bertz CT molecular complexity index is 955. The van der Waals surface area contributed by atoms with Crippen molar-refractivity contribution in [3.63, 3.8) is 0 Å². The van der Waals surface area contributed by atoms with Crippen LogP contribution < -0.4 is 4.90 Å². The van der Waals surface area contributed by atoms with E-state index >= 15 is 0 Å². The molecule has 1 fully saturated rings. The van der Waals surface area contributed by atoms with E-state index in [4.69, 9.17) is 21.1 Å². The highest BCUT2D eigenvalue weighted by molar-refractivity contribution is 6.29. The molecule has 1 aliphatic heterocycles. The fourth-order valence-electron chi connectivity index (χ4n) is 2.98. The number of aliphatic hydroxyl groups excluding tert-OH is 1. The Morgan fingerprint density at radius 1 is 1.43 bits per heavy atom. The number of carbonyl (C=O) groups is 2. The minimum atomic E-state index is -1.77. The summed E-state index contributed by atoms with van der Waals surface area (Å²) in [6.45, 7) is 8.70. The third-order valence-electron chi connectivity index (χ3n) is 4.16. The van der Waals surface area contributed by atoms with Crippen LogP contribution in [0.4, 0.5) is 5.82 Å². The van der Waals surface area contributed by atoms with Crippen molar-refractivity contribution >= 4 is 29.3 Å². The zero-order valence-corrected chi connectivity index (χ0v) is 18.1. The van der Waals surface area contributed by atoms with Crippen LogP contribution in [0.5, 0.6) is 0 Å². The highest BCUT2D eigenvalue weighted by Crippen LogP contribution is 2.28. The van der Waals surface area contributed by atoms with Gasteiger partial charge in [-0.1, -0.05) is 11.6 Å². The molecular weight excluding hydrogens is 414 g/mol. The van der Waals surface area contributed by atoms with Crippen LogP contribution >= 0.6 is 11.6 Å². The molecular formula is C19H24ClN5O5. The summed E-state index contributed by atoms with van der Waals surface area (Å²) in [5.74, 6) is -1.20. The Labute approximate surface area is 178 Å². The van der Waals surface area contributed by atoms with Gasteiger partial charge in [0.25, 0.3) is 5.91 Å². The maximum absolute atomic E-state index is 13.1. The third kappa shape index (κ3) is 4.94. The lowest BCUT2D eigenvalue weighted by atomic mass is 10.0. The zero-order valence-electron chi connectivity index (χ0n) is 17.4. The number of morpholine rings is 1. The van der Waals surface area contributed by atoms with Crippen molar-refractivity contribution < 1.29 is 24.2 Å². The summed E-state index contributed by atoms with van der Waals surface area (Å²) in [5, 5.41) is 22.6. The molecule has 1 aliphatic rings. The maximum atomic E-state index is 13.1. The van der Waals surface area contributed by atoms with Gasteiger partial charge < -0.3 is 14.6 Å². The lowest BCUT2D eigenvalue weighted by Crippen LogP contribution is -2.61. The number of carbonyl (C=O) groups excluding carboxylic acids is 2. The van der Waals surface area contributed by atoms with Crippen molar-refractivity contribution in [2.75, 3.05) is 11.4 Å². The van der Waals surface area contributed by atoms with E-state index in [9.17, 15) is 14.7 Å². The monoisotopic (exact) mass is 437 g/mol. The number of anilines is 1. The molecule has 0 saturated carbocycles. The first kappa shape index (κ1) is 22.1. The van der Waals surface area contributed by atoms with Crippen molar-refractivity contribution in [3.8, 4) is 5.69 Å². The van der Waals surface area contributed by atoms with Crippen LogP contribution in [0.25, 0.3) is 5.69 Å². The summed E-state index contributed by atoms with van der Waals surface area (Å²) >= 11 is 5.87. The first-order chi connectivity index (χ1) is 13.9. The molecule has 2 aromatic rings. The molecule has 1 N–H and O–H groups in total. The van der Waals surface area contributed by atoms with Gasteiger partial charge in [-0.15, -0.1) is 10.2 Å². The highest BCUT2D eigenvalue weighted by Gasteiger charge is 2.47. The van der Waals surface area contributed by atoms with Crippen molar-refractivity contribution in [1.82, 2.24) is 20.0 Å². The fraction of sp³-hybridized carbons (Fsp3) is 0.526. The Balaban J connectivity index is 1.87. The van der Waals surface area contributed by atoms with E-state index in [1.165, 1.54) is 15.8 Å². The fourth-order valence-corrected chi connectivity index (χ4v) is 3.14. The lowest BCUT2D eigenvalue weighted by molar-refractivity contribution is -0.188. The van der Waals surface area contributed by atoms with Crippen LogP contribution in [-0.2, 0) is 19.1 Å². The van der Waals surface area contributed by atoms with E-state index in [2.05, 4.69) is 15.3 Å². The van der Waals surface area contributed by atoms with Gasteiger partial charge in [0.2, 0.25) is 0 Å². The van der Waals surface area contributed by atoms with Gasteiger partial charge in [0.1, 0.15) is 5.60 Å². The predicted octanol–water partition coefficient (Wildman–Crippen LogP) is 1.53. The molecule has 1 saturated heterocycles. The maximum Gasteiger partial charge on any atom is 0.338 e. The van der Waals surface area contributed by atoms with E-state index in [1.54, 1.807) is 52.9 Å². The second-order valence-corrected chi connectivity index (χ2v) is 8.94. The number of hydrogen-bond donors (Lipinski definition) is 1. The summed E-state index contributed by atoms with van der Waals surface area (Å²) in [6, 6.07) is 3.20. The van der Waals surface area contributed by atoms with E-state index < -0.39 is 35.3 Å². The molecule has 0 bridgehead atoms. The van der Waals surface area contributed by atoms with Gasteiger partial charge in [-0.2, -0.15) is 5.10 Å². The first-order valence-corrected chi connectivity index (χ1v) is 9.68. The number of ether oxygens (including phenoxy) is 2. The van der Waals surface area contributed by atoms with Gasteiger partial charge in [-0.3, -0.25) is 9.69 Å². The second-order valence-electron chi connectivity index (χ2n) is 8.56. The summed E-state index contributed by atoms with van der Waals surface area (Å²) in [7, 11) is 0. The Morgan fingerprint density at radius 3 is 2.77 bits per heavy atom. The van der Waals surface area contributed by atoms with E-state index in [0.717, 1.165) is 0 Å². The summed E-state index contributed by atoms with van der Waals surface area (Å²) in [5.41, 5.74) is -1.09. The van der Waals surface area contributed by atoms with Gasteiger partial charge in [-0.25, -0.2) is 9.48 Å². The highest BCUT2D eigenvalue weighted by atomic mass is 35.5. The molecule has 0 radical (unpaired) electrons. The van der Waals surface area contributed by atoms with Crippen molar-refractivity contribution in [1.29, 1.82) is 0 Å². The van der Waals surface area contributed by atoms with Crippen LogP contribution in [-0.4, -0.2) is 66.9 Å². The number of aliphatic hydroxyl groups is 1. The first-order valence-electron chi connectivity index (χ1n) is 9.31. The third-order valence-corrected chi connectivity index (χ3v) is 4.34. The molecule has 0 unspecified atom stereocenters. The molecule has 2 aromatic heterocycles. The SMILES string of the molecule is CC(C)(C)OC(=O)[C@H](O)[C@H]1OC(C)(C)CN(c2ccn(-c3cnnc(Cl)c3)n2)C1=O. The largest absolute Gasteiger partial charge is 0.458 e. The van der Waals surface area contributed by atoms with Crippen LogP contribution in [0.3, 0.4) is 0 Å². The van der Waals surface area contributed by atoms with E-state index in [1.807, 2.05) is 0 Å². The minimum absolute atomic E-state index is 0.176. The Kier molecular flexibility index (Phi) is 5.85. The number of amides is 1. The number of esters is 1. The number of hydrogen-bond acceptors (Lipinski definition) is 8. The molecule has 0 spiro atoms. The molecule has 11 heteroatoms. The molecule has 162 valence electrons. The minimum Gasteiger partial charge on any atom is -0.458 e. The smallest absolute Gasteiger partial charge is 0.338 e. The molecule has 3 heterocycles. The summed E-state index contributed by atoms with van der Waals surface area (Å²) in [4.78, 5) is 26.7. The average molecular weight is 438 g/mol. The molecule has 1 amide bonds. The van der Waals surface area contributed by atoms with Crippen molar-refractivity contribution in [2.45, 2.75) is 58.0 Å². The zero-order chi connectivity index (χ0) is 22.3. The summed E-state index contributed by atoms with van der Waals surface area (Å²) < 4.78 is 12.4. The summed E-state index contributed by atoms with van der Waals surface area (Å²) in [6.07, 6.45) is -0.0876. The normalized spacial score (nSPS) is 20.2. The topological polar surface area (TPSA) is 120 Å². The van der Waals surface area contributed by atoms with E-state index in [0.29, 0.717) is 11.5 Å². The van der Waals surface area contributed by atoms with Crippen LogP contribution in [0, 0.1) is 0 Å². The van der Waals surface area contributed by atoms with Gasteiger partial charge in [0, 0.05) is 18.3 Å². The van der Waals surface area contributed by atoms with Gasteiger partial charge in [0.05, 0.1) is 24.0 Å². The molecule has 10 nitrogen and oxygen atoms in total. The standard InChI is InChI=1S/C19H24ClN5O5/c1-18(2,3)30-17(28)14(26)15-16(27)24(10-19(4,5)29-15)13-6-7-25(23-13)11-8-12(20)22-21-9-11/h6-9,14-15,26H,10H2,1-5H3/t14-,15-/m1/s1. The number of nitrogens with zero attached hydrogens (tertiary/aromatic N) is 5. The van der Waals surface area contributed by atoms with Crippen LogP contribution in [0.2, 0.25) is 5.15 Å². The quantitative estimate of drug-likeness (QED) is 0.715. The Hall–Kier alpha value is -2.56. The van der Waals surface area contributed by atoms with Gasteiger partial charge in [0.15, 0.2) is 23.2 Å². The molecule has 0 aliphatic carbocycles. The van der Waals surface area contributed by atoms with Crippen molar-refractivity contribution in [2.24, 2.45) is 0 Å². The number of aromatic nitrogens is 4. The number of halogens is 1.